The lowest BCUT2D eigenvalue weighted by Crippen LogP contribution is -2.29. The van der Waals surface area contributed by atoms with Crippen molar-refractivity contribution in [2.75, 3.05) is 27.3 Å². The summed E-state index contributed by atoms with van der Waals surface area (Å²) in [4.78, 5) is 23.7. The van der Waals surface area contributed by atoms with Crippen LogP contribution in [0.15, 0.2) is 66.1 Å². The summed E-state index contributed by atoms with van der Waals surface area (Å²) < 4.78 is 37.5. The highest BCUT2D eigenvalue weighted by Crippen LogP contribution is 2.28. The highest BCUT2D eigenvalue weighted by molar-refractivity contribution is 7.89. The number of hydrogen-bond acceptors (Lipinski definition) is 6. The maximum absolute atomic E-state index is 13.1. The summed E-state index contributed by atoms with van der Waals surface area (Å²) in [6.45, 7) is 3.37. The van der Waals surface area contributed by atoms with Crippen molar-refractivity contribution in [2.45, 2.75) is 11.4 Å². The number of carbonyl (C=O) groups is 2. The summed E-state index contributed by atoms with van der Waals surface area (Å²) >= 11 is 0. The highest BCUT2D eigenvalue weighted by atomic mass is 32.2. The second-order valence-corrected chi connectivity index (χ2v) is 8.29. The van der Waals surface area contributed by atoms with E-state index in [1.54, 1.807) is 0 Å². The van der Waals surface area contributed by atoms with Crippen molar-refractivity contribution in [1.29, 1.82) is 0 Å². The average Bonchev–Trinajstić information content (AvgIpc) is 2.76. The number of carbonyl (C=O) groups excluding carboxylic acids is 2. The van der Waals surface area contributed by atoms with Crippen molar-refractivity contribution < 1.29 is 27.5 Å². The Morgan fingerprint density at radius 3 is 2.50 bits per heavy atom. The zero-order chi connectivity index (χ0) is 22.1. The monoisotopic (exact) mass is 432 g/mol. The van der Waals surface area contributed by atoms with Gasteiger partial charge in [0.2, 0.25) is 10.0 Å². The molecule has 0 saturated heterocycles. The van der Waals surface area contributed by atoms with Crippen LogP contribution in [0.5, 0.6) is 5.75 Å². The largest absolute Gasteiger partial charge is 0.495 e. The molecule has 0 heterocycles. The van der Waals surface area contributed by atoms with Gasteiger partial charge in [0, 0.05) is 20.1 Å². The number of rotatable bonds is 10. The molecule has 0 aromatic heterocycles. The van der Waals surface area contributed by atoms with E-state index in [0.29, 0.717) is 0 Å². The third-order valence-corrected chi connectivity index (χ3v) is 5.94. The molecule has 2 aromatic carbocycles. The van der Waals surface area contributed by atoms with E-state index in [9.17, 15) is 18.0 Å². The van der Waals surface area contributed by atoms with E-state index in [1.807, 2.05) is 30.3 Å². The molecule has 0 aliphatic rings. The number of nitrogens with one attached hydrogen (secondary N) is 1. The molecule has 160 valence electrons. The summed E-state index contributed by atoms with van der Waals surface area (Å²) in [5.74, 6) is -1.23. The van der Waals surface area contributed by atoms with Gasteiger partial charge in [-0.1, -0.05) is 36.4 Å². The molecule has 0 aliphatic heterocycles. The third-order valence-electron chi connectivity index (χ3n) is 4.11. The molecule has 0 radical (unpaired) electrons. The van der Waals surface area contributed by atoms with Crippen LogP contribution in [0.3, 0.4) is 0 Å². The fourth-order valence-electron chi connectivity index (χ4n) is 2.55. The molecule has 0 bridgehead atoms. The maximum atomic E-state index is 13.1. The van der Waals surface area contributed by atoms with E-state index in [1.165, 1.54) is 38.4 Å². The number of esters is 1. The van der Waals surface area contributed by atoms with Crippen LogP contribution in [-0.4, -0.2) is 51.9 Å². The van der Waals surface area contributed by atoms with Crippen LogP contribution in [-0.2, 0) is 26.1 Å². The van der Waals surface area contributed by atoms with Gasteiger partial charge < -0.3 is 14.8 Å². The fraction of sp³-hybridized carbons (Fsp3) is 0.238. The van der Waals surface area contributed by atoms with Crippen LogP contribution in [0.1, 0.15) is 15.9 Å². The molecule has 1 amide bonds. The van der Waals surface area contributed by atoms with Gasteiger partial charge in [-0.2, -0.15) is 4.31 Å². The standard InChI is InChI=1S/C21H24N2O6S/c1-4-12-22-20(24)15-29-21(25)17-10-11-18(28-3)19(13-17)30(26,27)23(2)14-16-8-6-5-7-9-16/h4-11,13H,1,12,14-15H2,2-3H3,(H,22,24). The minimum atomic E-state index is -3.97. The summed E-state index contributed by atoms with van der Waals surface area (Å²) in [5, 5.41) is 2.47. The fourth-order valence-corrected chi connectivity index (χ4v) is 3.89. The second kappa shape index (κ2) is 10.6. The number of benzene rings is 2. The summed E-state index contributed by atoms with van der Waals surface area (Å²) in [6.07, 6.45) is 1.49. The summed E-state index contributed by atoms with van der Waals surface area (Å²) in [5.41, 5.74) is 0.794. The topological polar surface area (TPSA) is 102 Å². The Morgan fingerprint density at radius 2 is 1.87 bits per heavy atom. The third kappa shape index (κ3) is 5.91. The van der Waals surface area contributed by atoms with Crippen molar-refractivity contribution >= 4 is 21.9 Å². The molecule has 2 rings (SSSR count). The molecule has 0 unspecified atom stereocenters. The van der Waals surface area contributed by atoms with Gasteiger partial charge in [-0.15, -0.1) is 6.58 Å². The summed E-state index contributed by atoms with van der Waals surface area (Å²) in [7, 11) is -1.19. The van der Waals surface area contributed by atoms with Gasteiger partial charge in [-0.25, -0.2) is 13.2 Å². The van der Waals surface area contributed by atoms with Gasteiger partial charge in [-0.05, 0) is 23.8 Å². The lowest BCUT2D eigenvalue weighted by atomic mass is 10.2. The van der Waals surface area contributed by atoms with Crippen LogP contribution in [0.2, 0.25) is 0 Å². The molecular weight excluding hydrogens is 408 g/mol. The first-order valence-corrected chi connectivity index (χ1v) is 10.5. The molecule has 0 fully saturated rings. The number of hydrogen-bond donors (Lipinski definition) is 1. The molecule has 9 heteroatoms. The first kappa shape index (κ1) is 23.1. The number of ether oxygens (including phenoxy) is 2. The van der Waals surface area contributed by atoms with Gasteiger partial charge in [0.15, 0.2) is 6.61 Å². The van der Waals surface area contributed by atoms with Gasteiger partial charge in [0.25, 0.3) is 5.91 Å². The molecular formula is C21H24N2O6S. The Hall–Kier alpha value is -3.17. The van der Waals surface area contributed by atoms with E-state index < -0.39 is 28.5 Å². The number of methoxy groups -OCH3 is 1. The van der Waals surface area contributed by atoms with Crippen molar-refractivity contribution in [2.24, 2.45) is 0 Å². The summed E-state index contributed by atoms with van der Waals surface area (Å²) in [6, 6.07) is 13.0. The van der Waals surface area contributed by atoms with Gasteiger partial charge >= 0.3 is 5.97 Å². The van der Waals surface area contributed by atoms with Crippen LogP contribution in [0, 0.1) is 0 Å². The lowest BCUT2D eigenvalue weighted by Gasteiger charge is -2.19. The van der Waals surface area contributed by atoms with Crippen molar-refractivity contribution in [3.8, 4) is 5.75 Å². The predicted molar refractivity (Wildman–Crippen MR) is 112 cm³/mol. The first-order chi connectivity index (χ1) is 14.3. The Labute approximate surface area is 176 Å². The van der Waals surface area contributed by atoms with Crippen molar-refractivity contribution in [1.82, 2.24) is 9.62 Å². The highest BCUT2D eigenvalue weighted by Gasteiger charge is 2.26. The molecule has 0 aliphatic carbocycles. The second-order valence-electron chi connectivity index (χ2n) is 6.28. The minimum absolute atomic E-state index is 0.0148. The predicted octanol–water partition coefficient (Wildman–Crippen LogP) is 1.97. The quantitative estimate of drug-likeness (QED) is 0.455. The molecule has 8 nitrogen and oxygen atoms in total. The van der Waals surface area contributed by atoms with Crippen molar-refractivity contribution in [3.05, 3.63) is 72.3 Å². The van der Waals surface area contributed by atoms with Crippen LogP contribution in [0.25, 0.3) is 0 Å². The van der Waals surface area contributed by atoms with E-state index in [2.05, 4.69) is 11.9 Å². The van der Waals surface area contributed by atoms with Gasteiger partial charge in [0.05, 0.1) is 12.7 Å². The molecule has 1 N–H and O–H groups in total. The first-order valence-electron chi connectivity index (χ1n) is 9.02. The lowest BCUT2D eigenvalue weighted by molar-refractivity contribution is -0.124. The van der Waals surface area contributed by atoms with E-state index in [0.717, 1.165) is 9.87 Å². The molecule has 30 heavy (non-hydrogen) atoms. The zero-order valence-corrected chi connectivity index (χ0v) is 17.6. The Balaban J connectivity index is 2.23. The van der Waals surface area contributed by atoms with Gasteiger partial charge in [0.1, 0.15) is 10.6 Å². The number of amides is 1. The molecule has 0 saturated carbocycles. The Bertz CT molecular complexity index is 1010. The maximum Gasteiger partial charge on any atom is 0.338 e. The smallest absolute Gasteiger partial charge is 0.338 e. The van der Waals surface area contributed by atoms with E-state index in [-0.39, 0.29) is 29.3 Å². The SMILES string of the molecule is C=CCNC(=O)COC(=O)c1ccc(OC)c(S(=O)(=O)N(C)Cc2ccccc2)c1. The van der Waals surface area contributed by atoms with E-state index in [4.69, 9.17) is 9.47 Å². The van der Waals surface area contributed by atoms with Crippen LogP contribution >= 0.6 is 0 Å². The molecule has 0 atom stereocenters. The van der Waals surface area contributed by atoms with Gasteiger partial charge in [-0.3, -0.25) is 4.79 Å². The zero-order valence-electron chi connectivity index (χ0n) is 16.8. The minimum Gasteiger partial charge on any atom is -0.495 e. The number of nitrogens with zero attached hydrogens (tertiary/aromatic N) is 1. The average molecular weight is 432 g/mol. The normalized spacial score (nSPS) is 11.0. The number of sulfonamides is 1. The van der Waals surface area contributed by atoms with Crippen LogP contribution < -0.4 is 10.1 Å². The van der Waals surface area contributed by atoms with E-state index >= 15 is 0 Å². The van der Waals surface area contributed by atoms with Crippen molar-refractivity contribution in [3.63, 3.8) is 0 Å². The molecule has 2 aromatic rings. The molecule has 0 spiro atoms. The Morgan fingerprint density at radius 1 is 1.17 bits per heavy atom. The Kier molecular flexibility index (Phi) is 8.14. The van der Waals surface area contributed by atoms with Crippen LogP contribution in [0.4, 0.5) is 0 Å².